The molecule has 5 rings (SSSR count). The second-order valence-electron chi connectivity index (χ2n) is 8.44. The van der Waals surface area contributed by atoms with E-state index in [2.05, 4.69) is 9.98 Å². The van der Waals surface area contributed by atoms with Crippen LogP contribution >= 0.6 is 0 Å². The van der Waals surface area contributed by atoms with Gasteiger partial charge in [0.1, 0.15) is 24.0 Å². The van der Waals surface area contributed by atoms with Crippen molar-refractivity contribution in [3.05, 3.63) is 83.7 Å². The first-order valence-corrected chi connectivity index (χ1v) is 11.1. The molecule has 0 N–H and O–H groups in total. The van der Waals surface area contributed by atoms with Crippen LogP contribution in [0, 0.1) is 12.7 Å². The van der Waals surface area contributed by atoms with Crippen LogP contribution < -0.4 is 4.74 Å². The summed E-state index contributed by atoms with van der Waals surface area (Å²) < 4.78 is 26.7. The number of carbonyl (C=O) groups is 1. The number of hydrogen-bond acceptors (Lipinski definition) is 5. The highest BCUT2D eigenvalue weighted by atomic mass is 19.1. The summed E-state index contributed by atoms with van der Waals surface area (Å²) in [7, 11) is 1.63. The fraction of sp³-hybridized carbons (Fsp3) is 0.269. The Morgan fingerprint density at radius 1 is 1.18 bits per heavy atom. The van der Waals surface area contributed by atoms with Crippen molar-refractivity contribution in [2.75, 3.05) is 26.9 Å². The first-order valence-electron chi connectivity index (χ1n) is 11.1. The van der Waals surface area contributed by atoms with E-state index in [1.165, 1.54) is 12.1 Å². The molecule has 1 saturated heterocycles. The zero-order valence-electron chi connectivity index (χ0n) is 19.1. The van der Waals surface area contributed by atoms with Crippen LogP contribution in [0.15, 0.2) is 66.1 Å². The fourth-order valence-electron chi connectivity index (χ4n) is 4.61. The number of amidine groups is 1. The molecule has 1 amide bonds. The molecule has 2 aliphatic rings. The second-order valence-corrected chi connectivity index (χ2v) is 8.44. The Morgan fingerprint density at radius 2 is 2.00 bits per heavy atom. The molecule has 1 fully saturated rings. The third-order valence-corrected chi connectivity index (χ3v) is 6.27. The lowest BCUT2D eigenvalue weighted by molar-refractivity contribution is -0.151. The van der Waals surface area contributed by atoms with E-state index in [1.54, 1.807) is 30.5 Å². The highest BCUT2D eigenvalue weighted by molar-refractivity contribution is 6.08. The van der Waals surface area contributed by atoms with E-state index in [9.17, 15) is 9.18 Å². The van der Waals surface area contributed by atoms with Crippen LogP contribution in [0.5, 0.6) is 5.75 Å². The summed E-state index contributed by atoms with van der Waals surface area (Å²) in [4.78, 5) is 23.6. The number of halogens is 1. The van der Waals surface area contributed by atoms with Crippen LogP contribution in [0.1, 0.15) is 23.2 Å². The molecule has 0 spiro atoms. The van der Waals surface area contributed by atoms with Crippen LogP contribution in [0.3, 0.4) is 0 Å². The maximum Gasteiger partial charge on any atom is 0.255 e. The molecule has 3 aromatic rings. The monoisotopic (exact) mass is 460 g/mol. The van der Waals surface area contributed by atoms with Crippen LogP contribution in [-0.4, -0.2) is 53.1 Å². The lowest BCUT2D eigenvalue weighted by Crippen LogP contribution is -2.61. The minimum atomic E-state index is -0.703. The van der Waals surface area contributed by atoms with Gasteiger partial charge in [0.2, 0.25) is 0 Å². The third kappa shape index (κ3) is 3.90. The molecule has 3 heterocycles. The topological polar surface area (TPSA) is 69.0 Å². The van der Waals surface area contributed by atoms with Crippen molar-refractivity contribution in [2.24, 2.45) is 4.99 Å². The number of fused-ring (bicyclic) bond motifs is 1. The maximum absolute atomic E-state index is 13.6. The Kier molecular flexibility index (Phi) is 5.75. The van der Waals surface area contributed by atoms with Gasteiger partial charge in [0.05, 0.1) is 37.0 Å². The number of nitrogens with zero attached hydrogens (tertiary/aromatic N) is 4. The molecular weight excluding hydrogens is 435 g/mol. The number of carbonyl (C=O) groups excluding carboxylic acids is 1. The number of aryl methyl sites for hydroxylation is 1. The summed E-state index contributed by atoms with van der Waals surface area (Å²) in [5.74, 6) is 0.787. The Morgan fingerprint density at radius 3 is 2.74 bits per heavy atom. The van der Waals surface area contributed by atoms with Crippen LogP contribution in [0.4, 0.5) is 4.39 Å². The van der Waals surface area contributed by atoms with Gasteiger partial charge >= 0.3 is 0 Å². The average Bonchev–Trinajstić information content (AvgIpc) is 3.28. The number of aromatic nitrogens is 2. The molecule has 1 aromatic heterocycles. The molecule has 34 heavy (non-hydrogen) atoms. The smallest absolute Gasteiger partial charge is 0.255 e. The Bertz CT molecular complexity index is 1280. The number of morpholine rings is 1. The van der Waals surface area contributed by atoms with E-state index in [0.717, 1.165) is 22.5 Å². The second kappa shape index (κ2) is 8.87. The van der Waals surface area contributed by atoms with E-state index < -0.39 is 5.54 Å². The minimum Gasteiger partial charge on any atom is -0.495 e. The van der Waals surface area contributed by atoms with Gasteiger partial charge in [0, 0.05) is 12.7 Å². The van der Waals surface area contributed by atoms with Crippen LogP contribution in [0.25, 0.3) is 11.8 Å². The zero-order valence-corrected chi connectivity index (χ0v) is 19.1. The standard InChI is InChI=1S/C26H25FN4O3/c1-18-14-30(17-29-18)22-9-3-19(13-23(22)33-2)4-10-24-28-12-11-26(16-34-15-25(32)31(24)26)20-5-7-21(27)8-6-20/h3-10,13-14,17H,11-12,15-16H2,1-2H3. The van der Waals surface area contributed by atoms with Crippen LogP contribution in [0.2, 0.25) is 0 Å². The van der Waals surface area contributed by atoms with Gasteiger partial charge in [-0.25, -0.2) is 9.37 Å². The maximum atomic E-state index is 13.6. The van der Waals surface area contributed by atoms with Gasteiger partial charge in [-0.15, -0.1) is 0 Å². The third-order valence-electron chi connectivity index (χ3n) is 6.27. The summed E-state index contributed by atoms with van der Waals surface area (Å²) in [5.41, 5.74) is 2.84. The molecule has 1 atom stereocenters. The van der Waals surface area contributed by atoms with Gasteiger partial charge in [-0.3, -0.25) is 14.7 Å². The van der Waals surface area contributed by atoms with E-state index >= 15 is 0 Å². The number of ether oxygens (including phenoxy) is 2. The van der Waals surface area contributed by atoms with Gasteiger partial charge in [-0.2, -0.15) is 0 Å². The summed E-state index contributed by atoms with van der Waals surface area (Å²) >= 11 is 0. The van der Waals surface area contributed by atoms with Crippen molar-refractivity contribution in [3.8, 4) is 11.4 Å². The quantitative estimate of drug-likeness (QED) is 0.579. The molecule has 8 heteroatoms. The number of rotatable bonds is 5. The predicted octanol–water partition coefficient (Wildman–Crippen LogP) is 3.90. The Balaban J connectivity index is 1.47. The predicted molar refractivity (Wildman–Crippen MR) is 127 cm³/mol. The molecule has 1 unspecified atom stereocenters. The van der Waals surface area contributed by atoms with Gasteiger partial charge in [0.15, 0.2) is 0 Å². The molecule has 2 aliphatic heterocycles. The lowest BCUT2D eigenvalue weighted by Gasteiger charge is -2.48. The normalized spacial score (nSPS) is 20.4. The van der Waals surface area contributed by atoms with Crippen LogP contribution in [-0.2, 0) is 15.1 Å². The summed E-state index contributed by atoms with van der Waals surface area (Å²) in [5, 5.41) is 0. The van der Waals surface area contributed by atoms with E-state index in [0.29, 0.717) is 31.2 Å². The first kappa shape index (κ1) is 22.0. The molecular formula is C26H25FN4O3. The van der Waals surface area contributed by atoms with Crippen molar-refractivity contribution < 1.29 is 18.7 Å². The number of hydrogen-bond donors (Lipinski definition) is 0. The summed E-state index contributed by atoms with van der Waals surface area (Å²) in [6, 6.07) is 12.1. The summed E-state index contributed by atoms with van der Waals surface area (Å²) in [6.07, 6.45) is 8.04. The van der Waals surface area contributed by atoms with Gasteiger partial charge < -0.3 is 14.0 Å². The molecule has 0 radical (unpaired) electrons. The largest absolute Gasteiger partial charge is 0.495 e. The number of methoxy groups -OCH3 is 1. The molecule has 7 nitrogen and oxygen atoms in total. The number of amides is 1. The van der Waals surface area contributed by atoms with Crippen molar-refractivity contribution in [3.63, 3.8) is 0 Å². The molecule has 0 saturated carbocycles. The van der Waals surface area contributed by atoms with Crippen molar-refractivity contribution in [1.29, 1.82) is 0 Å². The molecule has 0 bridgehead atoms. The van der Waals surface area contributed by atoms with Gasteiger partial charge in [0.25, 0.3) is 5.91 Å². The van der Waals surface area contributed by atoms with E-state index in [4.69, 9.17) is 9.47 Å². The van der Waals surface area contributed by atoms with Gasteiger partial charge in [-0.05, 0) is 54.8 Å². The SMILES string of the molecule is COc1cc(C=CC2=NCCC3(c4ccc(F)cc4)COCC(=O)N23)ccc1-n1cnc(C)c1. The van der Waals surface area contributed by atoms with E-state index in [1.807, 2.05) is 48.0 Å². The molecule has 174 valence electrons. The van der Waals surface area contributed by atoms with E-state index in [-0.39, 0.29) is 18.3 Å². The van der Waals surface area contributed by atoms with Crippen molar-refractivity contribution in [1.82, 2.24) is 14.5 Å². The summed E-state index contributed by atoms with van der Waals surface area (Å²) in [6.45, 7) is 2.79. The van der Waals surface area contributed by atoms with Crippen molar-refractivity contribution >= 4 is 17.8 Å². The number of benzene rings is 2. The fourth-order valence-corrected chi connectivity index (χ4v) is 4.61. The number of aliphatic imine (C=N–C) groups is 1. The minimum absolute atomic E-state index is 0.0113. The van der Waals surface area contributed by atoms with Crippen molar-refractivity contribution in [2.45, 2.75) is 18.9 Å². The lowest BCUT2D eigenvalue weighted by atomic mass is 9.83. The molecule has 0 aliphatic carbocycles. The Hall–Kier alpha value is -3.78. The highest BCUT2D eigenvalue weighted by Gasteiger charge is 2.48. The first-order chi connectivity index (χ1) is 16.5. The zero-order chi connectivity index (χ0) is 23.7. The Labute approximate surface area is 197 Å². The number of imidazole rings is 1. The van der Waals surface area contributed by atoms with Gasteiger partial charge in [-0.1, -0.05) is 24.3 Å². The molecule has 2 aromatic carbocycles. The highest BCUT2D eigenvalue weighted by Crippen LogP contribution is 2.38. The average molecular weight is 461 g/mol.